The molecule has 0 spiro atoms. The van der Waals surface area contributed by atoms with Gasteiger partial charge in [-0.15, -0.1) is 0 Å². The van der Waals surface area contributed by atoms with Gasteiger partial charge in [-0.2, -0.15) is 0 Å². The van der Waals surface area contributed by atoms with Gasteiger partial charge >= 0.3 is 0 Å². The fraction of sp³-hybridized carbons (Fsp3) is 0.212. The number of aromatic hydroxyl groups is 1. The highest BCUT2D eigenvalue weighted by atomic mass is 35.5. The molecule has 48 heavy (non-hydrogen) atoms. The molecular weight excluding hydrogens is 697 g/mol. The van der Waals surface area contributed by atoms with Crippen LogP contribution in [0.2, 0.25) is 10.0 Å². The minimum atomic E-state index is -1.39. The maximum atomic E-state index is 14.5. The van der Waals surface area contributed by atoms with Crippen molar-refractivity contribution in [3.63, 3.8) is 0 Å². The summed E-state index contributed by atoms with van der Waals surface area (Å²) < 4.78 is 13.3. The van der Waals surface area contributed by atoms with Crippen molar-refractivity contribution >= 4 is 47.6 Å². The standard InChI is InChI=1S/C33H29Cl2N5O6S2/c1-45-24-11-2-18(16-19(24)17-38-12-14-46-15-13-38)25(26-28(41)36-32(47)39(30(26)43)22-7-3-20(34)4-8-22)27-29(42)37-33(48)40(31(27)44)23-9-5-21(35)6-10-23/h2-11,16,25,43-44H,12-15,17H2,1H3,(H,36,41,47)(H,37,42,48). The molecule has 5 aromatic rings. The molecule has 0 aliphatic carbocycles. The predicted octanol–water partition coefficient (Wildman–Crippen LogP) is 3.79. The lowest BCUT2D eigenvalue weighted by atomic mass is 9.85. The van der Waals surface area contributed by atoms with Gasteiger partial charge in [-0.1, -0.05) is 29.3 Å². The van der Waals surface area contributed by atoms with Crippen LogP contribution in [-0.4, -0.2) is 57.6 Å². The number of H-pyrrole nitrogens is 2. The number of halogens is 2. The molecule has 3 heterocycles. The summed E-state index contributed by atoms with van der Waals surface area (Å²) in [6.07, 6.45) is 0. The third-order valence-corrected chi connectivity index (χ3v) is 9.32. The van der Waals surface area contributed by atoms with Gasteiger partial charge in [-0.05, 0) is 96.5 Å². The number of aromatic amines is 2. The summed E-state index contributed by atoms with van der Waals surface area (Å²) in [5, 5.41) is 27.2. The number of rotatable bonds is 8. The maximum absolute atomic E-state index is 14.5. The van der Waals surface area contributed by atoms with E-state index < -0.39 is 28.8 Å². The highest BCUT2D eigenvalue weighted by Gasteiger charge is 2.31. The third-order valence-electron chi connectivity index (χ3n) is 8.25. The molecule has 2 aromatic heterocycles. The molecule has 1 saturated heterocycles. The SMILES string of the molecule is COc1ccc(C(c2c([O-])n(-c3ccc(Cl)cc3)c(=S)[nH]c2=O)c2c(O)n(-c3ccc(Cl)cc3)c(=S)[nH]c2=O)cc1C[NH+]1CCOCC1. The van der Waals surface area contributed by atoms with E-state index in [4.69, 9.17) is 57.1 Å². The minimum Gasteiger partial charge on any atom is -0.859 e. The molecule has 0 saturated carbocycles. The van der Waals surface area contributed by atoms with E-state index in [0.717, 1.165) is 23.2 Å². The second-order valence-corrected chi connectivity index (χ2v) is 12.8. The maximum Gasteiger partial charge on any atom is 0.259 e. The van der Waals surface area contributed by atoms with Crippen LogP contribution in [0.1, 0.15) is 28.2 Å². The highest BCUT2D eigenvalue weighted by Crippen LogP contribution is 2.39. The fourth-order valence-electron chi connectivity index (χ4n) is 5.94. The number of morpholine rings is 1. The van der Waals surface area contributed by atoms with Gasteiger partial charge in [-0.25, -0.2) is 0 Å². The van der Waals surface area contributed by atoms with Crippen LogP contribution in [0.3, 0.4) is 0 Å². The van der Waals surface area contributed by atoms with Gasteiger partial charge in [0.05, 0.1) is 37.5 Å². The second-order valence-electron chi connectivity index (χ2n) is 11.1. The first-order valence-corrected chi connectivity index (χ1v) is 16.4. The average Bonchev–Trinajstić information content (AvgIpc) is 3.06. The summed E-state index contributed by atoms with van der Waals surface area (Å²) in [5.41, 5.74) is -0.372. The van der Waals surface area contributed by atoms with Gasteiger partial charge in [0, 0.05) is 26.9 Å². The quantitative estimate of drug-likeness (QED) is 0.177. The summed E-state index contributed by atoms with van der Waals surface area (Å²) in [5.74, 6) is -2.16. The molecule has 1 fully saturated rings. The van der Waals surface area contributed by atoms with Gasteiger partial charge in [0.2, 0.25) is 5.88 Å². The van der Waals surface area contributed by atoms with Gasteiger partial charge in [0.1, 0.15) is 25.4 Å². The monoisotopic (exact) mass is 725 g/mol. The summed E-state index contributed by atoms with van der Waals surface area (Å²) in [6, 6.07) is 17.9. The van der Waals surface area contributed by atoms with Crippen LogP contribution in [0.25, 0.3) is 11.4 Å². The molecule has 1 unspecified atom stereocenters. The van der Waals surface area contributed by atoms with E-state index in [-0.39, 0.29) is 20.7 Å². The minimum absolute atomic E-state index is 0.109. The van der Waals surface area contributed by atoms with E-state index in [1.165, 1.54) is 9.47 Å². The Kier molecular flexibility index (Phi) is 9.88. The number of nitrogens with zero attached hydrogens (tertiary/aromatic N) is 2. The Morgan fingerprint density at radius 1 is 0.896 bits per heavy atom. The molecule has 11 nitrogen and oxygen atoms in total. The van der Waals surface area contributed by atoms with Crippen LogP contribution in [-0.2, 0) is 11.3 Å². The third kappa shape index (κ3) is 6.57. The number of quaternary nitrogens is 1. The van der Waals surface area contributed by atoms with Crippen molar-refractivity contribution in [3.8, 4) is 28.9 Å². The van der Waals surface area contributed by atoms with E-state index in [9.17, 15) is 19.8 Å². The summed E-state index contributed by atoms with van der Waals surface area (Å²) in [6.45, 7) is 3.29. The zero-order valence-electron chi connectivity index (χ0n) is 25.4. The van der Waals surface area contributed by atoms with Gasteiger partial charge < -0.3 is 29.2 Å². The summed E-state index contributed by atoms with van der Waals surface area (Å²) >= 11 is 23.1. The number of nitrogens with one attached hydrogen (secondary N) is 3. The molecule has 1 aliphatic heterocycles. The van der Waals surface area contributed by atoms with Crippen LogP contribution in [0, 0.1) is 9.54 Å². The molecular formula is C33H29Cl2N5O6S2. The molecule has 1 aliphatic rings. The smallest absolute Gasteiger partial charge is 0.259 e. The average molecular weight is 727 g/mol. The normalized spacial score (nSPS) is 14.1. The van der Waals surface area contributed by atoms with Crippen molar-refractivity contribution in [1.82, 2.24) is 19.1 Å². The van der Waals surface area contributed by atoms with Gasteiger partial charge in [-0.3, -0.25) is 24.1 Å². The first kappa shape index (κ1) is 33.7. The topological polar surface area (TPSA) is 142 Å². The van der Waals surface area contributed by atoms with E-state index in [1.54, 1.807) is 73.8 Å². The second kappa shape index (κ2) is 14.1. The number of hydrogen-bond acceptors (Lipinski definition) is 8. The van der Waals surface area contributed by atoms with Gasteiger partial charge in [0.25, 0.3) is 11.1 Å². The number of benzene rings is 3. The van der Waals surface area contributed by atoms with Crippen LogP contribution in [0.4, 0.5) is 0 Å². The first-order chi connectivity index (χ1) is 23.1. The predicted molar refractivity (Wildman–Crippen MR) is 185 cm³/mol. The molecule has 1 atom stereocenters. The number of aromatic nitrogens is 4. The summed E-state index contributed by atoms with van der Waals surface area (Å²) in [4.78, 5) is 34.2. The van der Waals surface area contributed by atoms with Crippen LogP contribution >= 0.6 is 47.6 Å². The molecule has 0 radical (unpaired) electrons. The largest absolute Gasteiger partial charge is 0.859 e. The molecule has 6 rings (SSSR count). The number of methoxy groups -OCH3 is 1. The van der Waals surface area contributed by atoms with E-state index in [2.05, 4.69) is 9.97 Å². The summed E-state index contributed by atoms with van der Waals surface area (Å²) in [7, 11) is 1.55. The van der Waals surface area contributed by atoms with Gasteiger partial charge in [0.15, 0.2) is 9.54 Å². The Labute approximate surface area is 294 Å². The zero-order chi connectivity index (χ0) is 34.1. The molecule has 0 amide bonds. The number of ether oxygens (including phenoxy) is 2. The fourth-order valence-corrected chi connectivity index (χ4v) is 6.76. The Bertz CT molecular complexity index is 2100. The molecule has 15 heteroatoms. The molecule has 3 aromatic carbocycles. The van der Waals surface area contributed by atoms with Crippen LogP contribution in [0.15, 0.2) is 76.3 Å². The van der Waals surface area contributed by atoms with E-state index >= 15 is 0 Å². The van der Waals surface area contributed by atoms with Crippen molar-refractivity contribution in [3.05, 3.63) is 129 Å². The lowest BCUT2D eigenvalue weighted by Gasteiger charge is -2.28. The molecule has 4 N–H and O–H groups in total. The van der Waals surface area contributed by atoms with Crippen molar-refractivity contribution in [2.24, 2.45) is 0 Å². The Morgan fingerprint density at radius 2 is 1.44 bits per heavy atom. The van der Waals surface area contributed by atoms with Crippen LogP contribution in [0.5, 0.6) is 17.5 Å². The Balaban J connectivity index is 1.66. The number of hydrogen-bond donors (Lipinski definition) is 4. The van der Waals surface area contributed by atoms with E-state index in [0.29, 0.717) is 52.5 Å². The Morgan fingerprint density at radius 3 is 2.02 bits per heavy atom. The zero-order valence-corrected chi connectivity index (χ0v) is 28.6. The molecule has 248 valence electrons. The van der Waals surface area contributed by atoms with Crippen LogP contribution < -0.4 is 25.9 Å². The molecule has 0 bridgehead atoms. The van der Waals surface area contributed by atoms with Crippen molar-refractivity contribution in [1.29, 1.82) is 0 Å². The first-order valence-electron chi connectivity index (χ1n) is 14.8. The lowest BCUT2D eigenvalue weighted by Crippen LogP contribution is -3.12. The van der Waals surface area contributed by atoms with Crippen molar-refractivity contribution in [2.75, 3.05) is 33.4 Å². The van der Waals surface area contributed by atoms with E-state index in [1.807, 2.05) is 0 Å². The van der Waals surface area contributed by atoms with Crippen molar-refractivity contribution in [2.45, 2.75) is 12.5 Å². The van der Waals surface area contributed by atoms with Crippen molar-refractivity contribution < 1.29 is 24.6 Å². The highest BCUT2D eigenvalue weighted by molar-refractivity contribution is 7.71. The lowest BCUT2D eigenvalue weighted by molar-refractivity contribution is -0.921. The Hall–Kier alpha value is -4.24.